The minimum Gasteiger partial charge on any atom is -0.395 e. The fraction of sp³-hybridized carbons (Fsp3) is 1.00. The molecular weight excluding hydrogens is 338 g/mol. The van der Waals surface area contributed by atoms with Crippen molar-refractivity contribution in [2.24, 2.45) is 5.92 Å². The fourth-order valence-electron chi connectivity index (χ4n) is 3.45. The number of nitrogens with one attached hydrogen (secondary N) is 1. The Kier molecular flexibility index (Phi) is 22.0. The number of hydrogen-bond donors (Lipinski definition) is 3. The Morgan fingerprint density at radius 3 is 1.96 bits per heavy atom. The third kappa shape index (κ3) is 22.0. The molecule has 0 heterocycles. The second-order valence-electron chi connectivity index (χ2n) is 8.23. The van der Waals surface area contributed by atoms with Gasteiger partial charge < -0.3 is 20.3 Å². The van der Waals surface area contributed by atoms with Crippen molar-refractivity contribution in [3.8, 4) is 0 Å². The van der Waals surface area contributed by atoms with E-state index in [1.165, 1.54) is 83.5 Å². The lowest BCUT2D eigenvalue weighted by atomic mass is 9.96. The molecule has 2 atom stereocenters. The van der Waals surface area contributed by atoms with Gasteiger partial charge >= 0.3 is 0 Å². The molecule has 0 bridgehead atoms. The van der Waals surface area contributed by atoms with Crippen molar-refractivity contribution < 1.29 is 14.9 Å². The number of hydrogen-bond acceptors (Lipinski definition) is 4. The van der Waals surface area contributed by atoms with Gasteiger partial charge in [-0.2, -0.15) is 0 Å². The Hall–Kier alpha value is -0.160. The maximum atomic E-state index is 9.65. The van der Waals surface area contributed by atoms with Crippen molar-refractivity contribution in [1.29, 1.82) is 0 Å². The summed E-state index contributed by atoms with van der Waals surface area (Å²) in [4.78, 5) is 0. The molecule has 0 fully saturated rings. The van der Waals surface area contributed by atoms with E-state index < -0.39 is 6.10 Å². The molecule has 164 valence electrons. The van der Waals surface area contributed by atoms with Crippen LogP contribution in [0.2, 0.25) is 0 Å². The summed E-state index contributed by atoms with van der Waals surface area (Å²) in [5.74, 6) is 0.922. The molecule has 3 N–H and O–H groups in total. The molecule has 0 aliphatic carbocycles. The zero-order valence-electron chi connectivity index (χ0n) is 18.4. The van der Waals surface area contributed by atoms with Gasteiger partial charge in [0.15, 0.2) is 0 Å². The van der Waals surface area contributed by atoms with E-state index in [9.17, 15) is 5.11 Å². The monoisotopic (exact) mass is 387 g/mol. The molecule has 0 radical (unpaired) electrons. The summed E-state index contributed by atoms with van der Waals surface area (Å²) in [6, 6.07) is 0. The number of aliphatic hydroxyl groups is 2. The van der Waals surface area contributed by atoms with E-state index in [1.807, 2.05) is 0 Å². The first-order chi connectivity index (χ1) is 13.2. The summed E-state index contributed by atoms with van der Waals surface area (Å²) in [5, 5.41) is 21.3. The molecule has 2 unspecified atom stereocenters. The summed E-state index contributed by atoms with van der Waals surface area (Å²) in [6.07, 6.45) is 18.5. The van der Waals surface area contributed by atoms with Gasteiger partial charge in [0.1, 0.15) is 0 Å². The predicted octanol–water partition coefficient (Wildman–Crippen LogP) is 5.06. The third-order valence-corrected chi connectivity index (χ3v) is 5.26. The lowest BCUT2D eigenvalue weighted by Gasteiger charge is -2.12. The van der Waals surface area contributed by atoms with Crippen molar-refractivity contribution >= 4 is 0 Å². The zero-order chi connectivity index (χ0) is 20.0. The van der Waals surface area contributed by atoms with Crippen molar-refractivity contribution in [1.82, 2.24) is 5.32 Å². The summed E-state index contributed by atoms with van der Waals surface area (Å²) in [6.45, 7) is 6.95. The van der Waals surface area contributed by atoms with Crippen LogP contribution in [0.1, 0.15) is 104 Å². The Morgan fingerprint density at radius 2 is 1.37 bits per heavy atom. The second kappa shape index (κ2) is 22.1. The van der Waals surface area contributed by atoms with Crippen LogP contribution < -0.4 is 5.32 Å². The quantitative estimate of drug-likeness (QED) is 0.227. The van der Waals surface area contributed by atoms with Gasteiger partial charge in [-0.1, -0.05) is 97.3 Å². The van der Waals surface area contributed by atoms with Gasteiger partial charge in [0.2, 0.25) is 0 Å². The van der Waals surface area contributed by atoms with E-state index in [0.717, 1.165) is 18.9 Å². The Morgan fingerprint density at radius 1 is 0.815 bits per heavy atom. The Balaban J connectivity index is 3.16. The van der Waals surface area contributed by atoms with E-state index in [2.05, 4.69) is 19.2 Å². The van der Waals surface area contributed by atoms with Crippen molar-refractivity contribution in [2.75, 3.05) is 32.9 Å². The highest BCUT2D eigenvalue weighted by Crippen LogP contribution is 2.18. The van der Waals surface area contributed by atoms with Crippen LogP contribution >= 0.6 is 0 Å². The van der Waals surface area contributed by atoms with Crippen LogP contribution in [0, 0.1) is 5.92 Å². The third-order valence-electron chi connectivity index (χ3n) is 5.26. The van der Waals surface area contributed by atoms with Gasteiger partial charge in [-0.3, -0.25) is 0 Å². The Labute approximate surface area is 169 Å². The van der Waals surface area contributed by atoms with Crippen LogP contribution in [0.4, 0.5) is 0 Å². The van der Waals surface area contributed by atoms with Gasteiger partial charge in [0.25, 0.3) is 0 Å². The van der Waals surface area contributed by atoms with E-state index in [1.54, 1.807) is 0 Å². The first-order valence-electron chi connectivity index (χ1n) is 11.8. The lowest BCUT2D eigenvalue weighted by molar-refractivity contribution is 0.0350. The van der Waals surface area contributed by atoms with Crippen LogP contribution in [0.25, 0.3) is 0 Å². The first kappa shape index (κ1) is 26.8. The average molecular weight is 388 g/mol. The summed E-state index contributed by atoms with van der Waals surface area (Å²) in [5.41, 5.74) is 0. The molecule has 0 aliphatic rings. The standard InChI is InChI=1S/C23H49NO3/c1-3-4-5-12-15-22(2)16-13-10-8-6-7-9-11-14-19-27-21-23(26)20-24-17-18-25/h22-26H,3-21H2,1-2H3. The highest BCUT2D eigenvalue weighted by atomic mass is 16.5. The van der Waals surface area contributed by atoms with Gasteiger partial charge in [0, 0.05) is 19.7 Å². The van der Waals surface area contributed by atoms with Crippen molar-refractivity contribution in [3.63, 3.8) is 0 Å². The SMILES string of the molecule is CCCCCCC(C)CCCCCCCCCCOCC(O)CNCCO. The molecule has 0 amide bonds. The highest BCUT2D eigenvalue weighted by Gasteiger charge is 2.03. The van der Waals surface area contributed by atoms with E-state index in [0.29, 0.717) is 19.7 Å². The molecule has 0 aliphatic heterocycles. The van der Waals surface area contributed by atoms with E-state index in [4.69, 9.17) is 9.84 Å². The summed E-state index contributed by atoms with van der Waals surface area (Å²) < 4.78 is 5.50. The molecule has 4 heteroatoms. The average Bonchev–Trinajstić information content (AvgIpc) is 2.66. The van der Waals surface area contributed by atoms with Gasteiger partial charge in [-0.05, 0) is 12.3 Å². The van der Waals surface area contributed by atoms with Crippen molar-refractivity contribution in [3.05, 3.63) is 0 Å². The van der Waals surface area contributed by atoms with E-state index >= 15 is 0 Å². The molecule has 0 aromatic heterocycles. The molecule has 0 rings (SSSR count). The van der Waals surface area contributed by atoms with Crippen LogP contribution in [-0.2, 0) is 4.74 Å². The van der Waals surface area contributed by atoms with Crippen molar-refractivity contribution in [2.45, 2.75) is 110 Å². The van der Waals surface area contributed by atoms with Gasteiger partial charge in [-0.25, -0.2) is 0 Å². The number of unbranched alkanes of at least 4 members (excludes halogenated alkanes) is 10. The first-order valence-corrected chi connectivity index (χ1v) is 11.8. The van der Waals surface area contributed by atoms with Crippen LogP contribution in [0.15, 0.2) is 0 Å². The van der Waals surface area contributed by atoms with Gasteiger partial charge in [0.05, 0.1) is 19.3 Å². The summed E-state index contributed by atoms with van der Waals surface area (Å²) in [7, 11) is 0. The van der Waals surface area contributed by atoms with Crippen LogP contribution in [0.5, 0.6) is 0 Å². The molecule has 4 nitrogen and oxygen atoms in total. The van der Waals surface area contributed by atoms with E-state index in [-0.39, 0.29) is 6.61 Å². The number of ether oxygens (including phenoxy) is 1. The minimum absolute atomic E-state index is 0.103. The van der Waals surface area contributed by atoms with Crippen LogP contribution in [-0.4, -0.2) is 49.2 Å². The molecule has 0 aromatic carbocycles. The lowest BCUT2D eigenvalue weighted by Crippen LogP contribution is -2.32. The Bertz CT molecular complexity index is 276. The largest absolute Gasteiger partial charge is 0.395 e. The summed E-state index contributed by atoms with van der Waals surface area (Å²) >= 11 is 0. The second-order valence-corrected chi connectivity index (χ2v) is 8.23. The molecular formula is C23H49NO3. The minimum atomic E-state index is -0.476. The predicted molar refractivity (Wildman–Crippen MR) is 116 cm³/mol. The maximum absolute atomic E-state index is 9.65. The van der Waals surface area contributed by atoms with Crippen LogP contribution in [0.3, 0.4) is 0 Å². The van der Waals surface area contributed by atoms with Gasteiger partial charge in [-0.15, -0.1) is 0 Å². The zero-order valence-corrected chi connectivity index (χ0v) is 18.4. The highest BCUT2D eigenvalue weighted by molar-refractivity contribution is 4.58. The topological polar surface area (TPSA) is 61.7 Å². The number of rotatable bonds is 22. The molecule has 27 heavy (non-hydrogen) atoms. The normalized spacial score (nSPS) is 13.8. The molecule has 0 spiro atoms. The maximum Gasteiger partial charge on any atom is 0.0897 e. The molecule has 0 saturated carbocycles. The smallest absolute Gasteiger partial charge is 0.0897 e. The molecule has 0 saturated heterocycles. The number of aliphatic hydroxyl groups excluding tert-OH is 2. The molecule has 0 aromatic rings. The fourth-order valence-corrected chi connectivity index (χ4v) is 3.45.